The Balaban J connectivity index is 3.08. The molecule has 0 bridgehead atoms. The molecule has 0 radical (unpaired) electrons. The van der Waals surface area contributed by atoms with Gasteiger partial charge in [-0.3, -0.25) is 0 Å². The molecule has 2 nitrogen and oxygen atoms in total. The fraction of sp³-hybridized carbons (Fsp3) is 0.400. The Morgan fingerprint density at radius 1 is 1.33 bits per heavy atom. The Kier molecular flexibility index (Phi) is 2.58. The van der Waals surface area contributed by atoms with E-state index >= 15 is 0 Å². The first-order chi connectivity index (χ1) is 5.65. The molecule has 66 valence electrons. The first-order valence-corrected chi connectivity index (χ1v) is 4.22. The predicted molar refractivity (Wildman–Crippen MR) is 54.5 cm³/mol. The smallest absolute Gasteiger partial charge is 0.0350 e. The summed E-state index contributed by atoms with van der Waals surface area (Å²) in [5.41, 5.74) is 9.02. The van der Waals surface area contributed by atoms with Crippen molar-refractivity contribution in [1.82, 2.24) is 0 Å². The molecule has 1 aromatic rings. The van der Waals surface area contributed by atoms with Gasteiger partial charge in [0.05, 0.1) is 0 Å². The summed E-state index contributed by atoms with van der Waals surface area (Å²) in [6.45, 7) is 4.29. The van der Waals surface area contributed by atoms with E-state index < -0.39 is 0 Å². The van der Waals surface area contributed by atoms with Crippen molar-refractivity contribution in [1.29, 1.82) is 0 Å². The molecule has 0 saturated carbocycles. The Bertz CT molecular complexity index is 267. The third-order valence-corrected chi connectivity index (χ3v) is 2.00. The molecule has 0 heterocycles. The summed E-state index contributed by atoms with van der Waals surface area (Å²) in [6.07, 6.45) is 0. The summed E-state index contributed by atoms with van der Waals surface area (Å²) in [6, 6.07) is 6.03. The molecule has 0 spiro atoms. The SMILES string of the molecule is CNc1ccc(N)c(C(C)C)c1. The molecule has 12 heavy (non-hydrogen) atoms. The predicted octanol–water partition coefficient (Wildman–Crippen LogP) is 2.43. The molecule has 0 aliphatic rings. The van der Waals surface area contributed by atoms with Crippen molar-refractivity contribution in [3.05, 3.63) is 23.8 Å². The zero-order valence-electron chi connectivity index (χ0n) is 7.89. The number of hydrogen-bond donors (Lipinski definition) is 2. The van der Waals surface area contributed by atoms with E-state index in [1.807, 2.05) is 19.2 Å². The Morgan fingerprint density at radius 2 is 2.00 bits per heavy atom. The van der Waals surface area contributed by atoms with Crippen molar-refractivity contribution < 1.29 is 0 Å². The lowest BCUT2D eigenvalue weighted by atomic mass is 10.0. The highest BCUT2D eigenvalue weighted by atomic mass is 14.8. The van der Waals surface area contributed by atoms with Crippen molar-refractivity contribution in [2.45, 2.75) is 19.8 Å². The van der Waals surface area contributed by atoms with Crippen LogP contribution in [0.25, 0.3) is 0 Å². The highest BCUT2D eigenvalue weighted by Gasteiger charge is 2.03. The summed E-state index contributed by atoms with van der Waals surface area (Å²) >= 11 is 0. The molecule has 0 aliphatic heterocycles. The maximum Gasteiger partial charge on any atom is 0.0350 e. The molecule has 1 rings (SSSR count). The van der Waals surface area contributed by atoms with Gasteiger partial charge in [0.1, 0.15) is 0 Å². The molecule has 0 saturated heterocycles. The van der Waals surface area contributed by atoms with Gasteiger partial charge in [-0.1, -0.05) is 13.8 Å². The maximum absolute atomic E-state index is 5.82. The fourth-order valence-corrected chi connectivity index (χ4v) is 1.23. The molecule has 0 unspecified atom stereocenters. The quantitative estimate of drug-likeness (QED) is 0.659. The van der Waals surface area contributed by atoms with E-state index in [1.165, 1.54) is 5.56 Å². The van der Waals surface area contributed by atoms with Crippen LogP contribution >= 0.6 is 0 Å². The topological polar surface area (TPSA) is 38.0 Å². The zero-order chi connectivity index (χ0) is 9.14. The van der Waals surface area contributed by atoms with Crippen LogP contribution in [0.5, 0.6) is 0 Å². The molecule has 0 fully saturated rings. The van der Waals surface area contributed by atoms with Crippen LogP contribution in [0.15, 0.2) is 18.2 Å². The third-order valence-electron chi connectivity index (χ3n) is 2.00. The van der Waals surface area contributed by atoms with Gasteiger partial charge >= 0.3 is 0 Å². The molecule has 1 aromatic carbocycles. The number of rotatable bonds is 2. The van der Waals surface area contributed by atoms with Crippen molar-refractivity contribution in [2.24, 2.45) is 0 Å². The van der Waals surface area contributed by atoms with Gasteiger partial charge < -0.3 is 11.1 Å². The first-order valence-electron chi connectivity index (χ1n) is 4.22. The minimum Gasteiger partial charge on any atom is -0.398 e. The molecule has 0 aliphatic carbocycles. The summed E-state index contributed by atoms with van der Waals surface area (Å²) < 4.78 is 0. The Morgan fingerprint density at radius 3 is 2.50 bits per heavy atom. The van der Waals surface area contributed by atoms with Gasteiger partial charge in [-0.25, -0.2) is 0 Å². The standard InChI is InChI=1S/C10H16N2/c1-7(2)9-6-8(12-3)4-5-10(9)11/h4-7,12H,11H2,1-3H3. The summed E-state index contributed by atoms with van der Waals surface area (Å²) in [5, 5.41) is 3.09. The van der Waals surface area contributed by atoms with Gasteiger partial charge in [-0.2, -0.15) is 0 Å². The minimum atomic E-state index is 0.485. The minimum absolute atomic E-state index is 0.485. The lowest BCUT2D eigenvalue weighted by molar-refractivity contribution is 0.870. The molecule has 0 aromatic heterocycles. The van der Waals surface area contributed by atoms with E-state index in [2.05, 4.69) is 25.2 Å². The van der Waals surface area contributed by atoms with Crippen LogP contribution in [-0.4, -0.2) is 7.05 Å². The average Bonchev–Trinajstić information content (AvgIpc) is 2.05. The van der Waals surface area contributed by atoms with Gasteiger partial charge in [0.15, 0.2) is 0 Å². The maximum atomic E-state index is 5.82. The van der Waals surface area contributed by atoms with E-state index in [1.54, 1.807) is 0 Å². The largest absolute Gasteiger partial charge is 0.398 e. The zero-order valence-corrected chi connectivity index (χ0v) is 7.89. The normalized spacial score (nSPS) is 10.3. The first kappa shape index (κ1) is 8.91. The van der Waals surface area contributed by atoms with Crippen LogP contribution in [0, 0.1) is 0 Å². The summed E-state index contributed by atoms with van der Waals surface area (Å²) in [7, 11) is 1.91. The molecule has 3 N–H and O–H groups in total. The van der Waals surface area contributed by atoms with Crippen molar-refractivity contribution in [3.63, 3.8) is 0 Å². The third kappa shape index (κ3) is 1.70. The van der Waals surface area contributed by atoms with Gasteiger partial charge in [-0.15, -0.1) is 0 Å². The second kappa shape index (κ2) is 3.48. The Labute approximate surface area is 73.8 Å². The van der Waals surface area contributed by atoms with E-state index in [-0.39, 0.29) is 0 Å². The molecule has 0 atom stereocenters. The molecular formula is C10H16N2. The van der Waals surface area contributed by atoms with Crippen molar-refractivity contribution in [3.8, 4) is 0 Å². The highest BCUT2D eigenvalue weighted by Crippen LogP contribution is 2.24. The second-order valence-corrected chi connectivity index (χ2v) is 3.25. The molecule has 0 amide bonds. The Hall–Kier alpha value is -1.18. The monoisotopic (exact) mass is 164 g/mol. The van der Waals surface area contributed by atoms with E-state index in [0.717, 1.165) is 11.4 Å². The number of nitrogens with one attached hydrogen (secondary N) is 1. The van der Waals surface area contributed by atoms with Crippen molar-refractivity contribution >= 4 is 11.4 Å². The fourth-order valence-electron chi connectivity index (χ4n) is 1.23. The molecule has 2 heteroatoms. The van der Waals surface area contributed by atoms with Crippen LogP contribution in [0.2, 0.25) is 0 Å². The van der Waals surface area contributed by atoms with E-state index in [9.17, 15) is 0 Å². The van der Waals surface area contributed by atoms with Gasteiger partial charge in [0.25, 0.3) is 0 Å². The van der Waals surface area contributed by atoms with E-state index in [0.29, 0.717) is 5.92 Å². The van der Waals surface area contributed by atoms with Gasteiger partial charge in [0.2, 0.25) is 0 Å². The number of anilines is 2. The van der Waals surface area contributed by atoms with Crippen LogP contribution < -0.4 is 11.1 Å². The average molecular weight is 164 g/mol. The summed E-state index contributed by atoms with van der Waals surface area (Å²) in [4.78, 5) is 0. The van der Waals surface area contributed by atoms with Crippen LogP contribution in [0.1, 0.15) is 25.3 Å². The lowest BCUT2D eigenvalue weighted by Gasteiger charge is -2.11. The number of benzene rings is 1. The number of hydrogen-bond acceptors (Lipinski definition) is 2. The lowest BCUT2D eigenvalue weighted by Crippen LogP contribution is -1.98. The summed E-state index contributed by atoms with van der Waals surface area (Å²) in [5.74, 6) is 0.485. The van der Waals surface area contributed by atoms with Crippen molar-refractivity contribution in [2.75, 3.05) is 18.1 Å². The van der Waals surface area contributed by atoms with Crippen LogP contribution in [0.3, 0.4) is 0 Å². The highest BCUT2D eigenvalue weighted by molar-refractivity contribution is 5.58. The van der Waals surface area contributed by atoms with E-state index in [4.69, 9.17) is 5.73 Å². The number of nitrogen functional groups attached to an aromatic ring is 1. The second-order valence-electron chi connectivity index (χ2n) is 3.25. The molecular weight excluding hydrogens is 148 g/mol. The van der Waals surface area contributed by atoms with Gasteiger partial charge in [0, 0.05) is 18.4 Å². The van der Waals surface area contributed by atoms with Gasteiger partial charge in [-0.05, 0) is 29.7 Å². The van der Waals surface area contributed by atoms with Crippen LogP contribution in [-0.2, 0) is 0 Å². The number of nitrogens with two attached hydrogens (primary N) is 1. The van der Waals surface area contributed by atoms with Crippen LogP contribution in [0.4, 0.5) is 11.4 Å².